The fourth-order valence-electron chi connectivity index (χ4n) is 1.11. The summed E-state index contributed by atoms with van der Waals surface area (Å²) in [6.07, 6.45) is 1.55. The minimum absolute atomic E-state index is 0.0621. The molecule has 1 aromatic rings. The van der Waals surface area contributed by atoms with Gasteiger partial charge in [0.2, 0.25) is 0 Å². The molecule has 1 aromatic carbocycles. The highest BCUT2D eigenvalue weighted by Gasteiger charge is 2.06. The first-order chi connectivity index (χ1) is 7.67. The zero-order chi connectivity index (χ0) is 12.0. The Balaban J connectivity index is 2.77. The fourth-order valence-corrected chi connectivity index (χ4v) is 1.29. The van der Waals surface area contributed by atoms with E-state index < -0.39 is 5.97 Å². The lowest BCUT2D eigenvalue weighted by Crippen LogP contribution is -2.03. The van der Waals surface area contributed by atoms with Crippen molar-refractivity contribution in [2.75, 3.05) is 13.7 Å². The number of halogens is 1. The molecule has 0 aliphatic heterocycles. The molecule has 0 bridgehead atoms. The van der Waals surface area contributed by atoms with Gasteiger partial charge in [-0.05, 0) is 30.7 Å². The van der Waals surface area contributed by atoms with E-state index in [4.69, 9.17) is 21.1 Å². The molecule has 3 nitrogen and oxygen atoms in total. The SMILES string of the molecule is CCOC(=O)/C(Cl)=C\c1ccc(OC)cc1. The Morgan fingerprint density at radius 2 is 2.00 bits per heavy atom. The van der Waals surface area contributed by atoms with Crippen LogP contribution in [0.25, 0.3) is 6.08 Å². The quantitative estimate of drug-likeness (QED) is 0.600. The van der Waals surface area contributed by atoms with E-state index in [-0.39, 0.29) is 5.03 Å². The van der Waals surface area contributed by atoms with Crippen LogP contribution < -0.4 is 4.74 Å². The number of hydrogen-bond acceptors (Lipinski definition) is 3. The average molecular weight is 241 g/mol. The molecule has 0 saturated heterocycles. The highest BCUT2D eigenvalue weighted by atomic mass is 35.5. The normalized spacial score (nSPS) is 11.1. The van der Waals surface area contributed by atoms with Crippen molar-refractivity contribution in [1.29, 1.82) is 0 Å². The highest BCUT2D eigenvalue weighted by Crippen LogP contribution is 2.16. The number of benzene rings is 1. The molecule has 16 heavy (non-hydrogen) atoms. The Hall–Kier alpha value is -1.48. The lowest BCUT2D eigenvalue weighted by molar-refractivity contribution is -0.137. The summed E-state index contributed by atoms with van der Waals surface area (Å²) < 4.78 is 9.77. The first kappa shape index (κ1) is 12.6. The van der Waals surface area contributed by atoms with Gasteiger partial charge in [-0.2, -0.15) is 0 Å². The largest absolute Gasteiger partial charge is 0.497 e. The summed E-state index contributed by atoms with van der Waals surface area (Å²) in [5, 5.41) is 0.0621. The number of carbonyl (C=O) groups excluding carboxylic acids is 1. The van der Waals surface area contributed by atoms with Crippen LogP contribution in [0.5, 0.6) is 5.75 Å². The van der Waals surface area contributed by atoms with Crippen molar-refractivity contribution < 1.29 is 14.3 Å². The molecule has 0 aliphatic rings. The van der Waals surface area contributed by atoms with Crippen LogP contribution in [0, 0.1) is 0 Å². The van der Waals surface area contributed by atoms with Crippen molar-refractivity contribution in [3.63, 3.8) is 0 Å². The van der Waals surface area contributed by atoms with Gasteiger partial charge in [0.15, 0.2) is 0 Å². The Labute approximate surface area is 99.6 Å². The van der Waals surface area contributed by atoms with Crippen LogP contribution in [-0.2, 0) is 9.53 Å². The van der Waals surface area contributed by atoms with E-state index in [0.717, 1.165) is 11.3 Å². The molecule has 0 aliphatic carbocycles. The second kappa shape index (κ2) is 6.18. The smallest absolute Gasteiger partial charge is 0.349 e. The van der Waals surface area contributed by atoms with Crippen molar-refractivity contribution >= 4 is 23.6 Å². The predicted octanol–water partition coefficient (Wildman–Crippen LogP) is 2.84. The number of carbonyl (C=O) groups is 1. The van der Waals surface area contributed by atoms with Crippen molar-refractivity contribution in [3.05, 3.63) is 34.9 Å². The van der Waals surface area contributed by atoms with Gasteiger partial charge in [0.25, 0.3) is 0 Å². The summed E-state index contributed by atoms with van der Waals surface area (Å²) in [6, 6.07) is 7.20. The van der Waals surface area contributed by atoms with Gasteiger partial charge < -0.3 is 9.47 Å². The van der Waals surface area contributed by atoms with E-state index >= 15 is 0 Å². The molecule has 0 fully saturated rings. The maximum atomic E-state index is 11.2. The minimum Gasteiger partial charge on any atom is -0.497 e. The Kier molecular flexibility index (Phi) is 4.86. The molecule has 0 spiro atoms. The number of esters is 1. The molecule has 0 saturated carbocycles. The van der Waals surface area contributed by atoms with Crippen molar-refractivity contribution in [2.45, 2.75) is 6.92 Å². The van der Waals surface area contributed by atoms with E-state index in [0.29, 0.717) is 6.61 Å². The van der Waals surface area contributed by atoms with Crippen LogP contribution in [-0.4, -0.2) is 19.7 Å². The van der Waals surface area contributed by atoms with Crippen molar-refractivity contribution in [1.82, 2.24) is 0 Å². The lowest BCUT2D eigenvalue weighted by atomic mass is 10.2. The number of hydrogen-bond donors (Lipinski definition) is 0. The highest BCUT2D eigenvalue weighted by molar-refractivity contribution is 6.43. The standard InChI is InChI=1S/C12H13ClO3/c1-3-16-12(14)11(13)8-9-4-6-10(15-2)7-5-9/h4-8H,3H2,1-2H3/b11-8+. The number of ether oxygens (including phenoxy) is 2. The molecule has 1 rings (SSSR count). The number of methoxy groups -OCH3 is 1. The van der Waals surface area contributed by atoms with Gasteiger partial charge in [-0.15, -0.1) is 0 Å². The summed E-state index contributed by atoms with van der Waals surface area (Å²) in [5.74, 6) is 0.240. The van der Waals surface area contributed by atoms with E-state index in [9.17, 15) is 4.79 Å². The molecular weight excluding hydrogens is 228 g/mol. The third-order valence-electron chi connectivity index (χ3n) is 1.88. The zero-order valence-electron chi connectivity index (χ0n) is 9.20. The van der Waals surface area contributed by atoms with Gasteiger partial charge in [0.05, 0.1) is 13.7 Å². The van der Waals surface area contributed by atoms with E-state index in [1.165, 1.54) is 0 Å². The third kappa shape index (κ3) is 3.59. The fraction of sp³-hybridized carbons (Fsp3) is 0.250. The molecule has 0 unspecified atom stereocenters. The molecule has 0 heterocycles. The van der Waals surface area contributed by atoms with E-state index in [1.54, 1.807) is 44.4 Å². The molecule has 0 N–H and O–H groups in total. The van der Waals surface area contributed by atoms with Gasteiger partial charge in [0, 0.05) is 0 Å². The van der Waals surface area contributed by atoms with Crippen molar-refractivity contribution in [2.24, 2.45) is 0 Å². The van der Waals surface area contributed by atoms with E-state index in [1.807, 2.05) is 0 Å². The Bertz CT molecular complexity index is 382. The van der Waals surface area contributed by atoms with Gasteiger partial charge in [-0.3, -0.25) is 0 Å². The second-order valence-electron chi connectivity index (χ2n) is 2.99. The third-order valence-corrected chi connectivity index (χ3v) is 2.14. The molecule has 86 valence electrons. The molecule has 0 atom stereocenters. The number of rotatable bonds is 4. The van der Waals surface area contributed by atoms with Gasteiger partial charge in [0.1, 0.15) is 10.8 Å². The Morgan fingerprint density at radius 1 is 1.38 bits per heavy atom. The average Bonchev–Trinajstić information content (AvgIpc) is 2.30. The van der Waals surface area contributed by atoms with Crippen LogP contribution in [0.15, 0.2) is 29.3 Å². The first-order valence-corrected chi connectivity index (χ1v) is 5.23. The van der Waals surface area contributed by atoms with Crippen LogP contribution in [0.2, 0.25) is 0 Å². The van der Waals surface area contributed by atoms with Gasteiger partial charge >= 0.3 is 5.97 Å². The minimum atomic E-state index is -0.514. The van der Waals surface area contributed by atoms with E-state index in [2.05, 4.69) is 0 Å². The predicted molar refractivity (Wildman–Crippen MR) is 63.5 cm³/mol. The summed E-state index contributed by atoms with van der Waals surface area (Å²) in [7, 11) is 1.59. The van der Waals surface area contributed by atoms with Gasteiger partial charge in [-0.1, -0.05) is 23.7 Å². The summed E-state index contributed by atoms with van der Waals surface area (Å²) in [4.78, 5) is 11.2. The molecular formula is C12H13ClO3. The first-order valence-electron chi connectivity index (χ1n) is 4.85. The van der Waals surface area contributed by atoms with Crippen molar-refractivity contribution in [3.8, 4) is 5.75 Å². The topological polar surface area (TPSA) is 35.5 Å². The maximum absolute atomic E-state index is 11.2. The summed E-state index contributed by atoms with van der Waals surface area (Å²) in [6.45, 7) is 2.04. The molecule has 0 amide bonds. The van der Waals surface area contributed by atoms with Crippen LogP contribution in [0.3, 0.4) is 0 Å². The van der Waals surface area contributed by atoms with Crippen LogP contribution in [0.1, 0.15) is 12.5 Å². The zero-order valence-corrected chi connectivity index (χ0v) is 9.95. The van der Waals surface area contributed by atoms with Crippen LogP contribution in [0.4, 0.5) is 0 Å². The maximum Gasteiger partial charge on any atom is 0.349 e. The lowest BCUT2D eigenvalue weighted by Gasteiger charge is -2.01. The molecule has 0 aromatic heterocycles. The Morgan fingerprint density at radius 3 is 2.50 bits per heavy atom. The second-order valence-corrected chi connectivity index (χ2v) is 3.39. The van der Waals surface area contributed by atoms with Crippen LogP contribution >= 0.6 is 11.6 Å². The monoisotopic (exact) mass is 240 g/mol. The molecule has 0 radical (unpaired) electrons. The van der Waals surface area contributed by atoms with Gasteiger partial charge in [-0.25, -0.2) is 4.79 Å². The summed E-state index contributed by atoms with van der Waals surface area (Å²) >= 11 is 5.77. The summed E-state index contributed by atoms with van der Waals surface area (Å²) in [5.41, 5.74) is 0.818. The molecule has 4 heteroatoms.